The standard InChI is InChI=1S/C13H17NO/c15-11-13-8-4-5-9-14(13)10-12-6-2-1-3-7-12/h1-3,6-7,11,13H,4-5,8-10H2/t13-/m0/s1. The number of hydrogen-bond acceptors (Lipinski definition) is 2. The Bertz CT molecular complexity index is 310. The molecule has 2 heteroatoms. The first-order valence-electron chi connectivity index (χ1n) is 5.63. The van der Waals surface area contributed by atoms with E-state index in [9.17, 15) is 4.79 Å². The molecule has 0 amide bonds. The Morgan fingerprint density at radius 2 is 2.07 bits per heavy atom. The van der Waals surface area contributed by atoms with Crippen LogP contribution in [0.2, 0.25) is 0 Å². The summed E-state index contributed by atoms with van der Waals surface area (Å²) in [7, 11) is 0. The fourth-order valence-corrected chi connectivity index (χ4v) is 2.19. The molecule has 0 aliphatic carbocycles. The Morgan fingerprint density at radius 1 is 1.27 bits per heavy atom. The van der Waals surface area contributed by atoms with Crippen molar-refractivity contribution in [2.75, 3.05) is 6.54 Å². The SMILES string of the molecule is O=C[C@@H]1CCCCN1Cc1ccccc1. The lowest BCUT2D eigenvalue weighted by molar-refractivity contribution is -0.113. The third-order valence-corrected chi connectivity index (χ3v) is 3.05. The van der Waals surface area contributed by atoms with Gasteiger partial charge in [-0.3, -0.25) is 4.90 Å². The average Bonchev–Trinajstić information content (AvgIpc) is 2.31. The maximum atomic E-state index is 10.9. The normalized spacial score (nSPS) is 22.5. The summed E-state index contributed by atoms with van der Waals surface area (Å²) in [6, 6.07) is 10.5. The van der Waals surface area contributed by atoms with Crippen LogP contribution >= 0.6 is 0 Å². The lowest BCUT2D eigenvalue weighted by Crippen LogP contribution is -2.39. The van der Waals surface area contributed by atoms with Gasteiger partial charge in [0.1, 0.15) is 6.29 Å². The molecule has 0 spiro atoms. The second-order valence-electron chi connectivity index (χ2n) is 4.16. The molecule has 0 aromatic heterocycles. The lowest BCUT2D eigenvalue weighted by Gasteiger charge is -2.32. The number of carbonyl (C=O) groups excluding carboxylic acids is 1. The quantitative estimate of drug-likeness (QED) is 0.702. The van der Waals surface area contributed by atoms with Gasteiger partial charge < -0.3 is 4.79 Å². The van der Waals surface area contributed by atoms with Gasteiger partial charge in [-0.25, -0.2) is 0 Å². The first kappa shape index (κ1) is 10.4. The minimum absolute atomic E-state index is 0.138. The molecule has 0 saturated carbocycles. The molecule has 0 N–H and O–H groups in total. The molecule has 1 heterocycles. The lowest BCUT2D eigenvalue weighted by atomic mass is 10.0. The maximum absolute atomic E-state index is 10.9. The molecule has 0 radical (unpaired) electrons. The molecule has 1 atom stereocenters. The molecule has 1 aliphatic heterocycles. The Balaban J connectivity index is 2.00. The number of likely N-dealkylation sites (tertiary alicyclic amines) is 1. The smallest absolute Gasteiger partial charge is 0.137 e. The zero-order valence-electron chi connectivity index (χ0n) is 8.93. The molecule has 80 valence electrons. The van der Waals surface area contributed by atoms with Crippen molar-refractivity contribution in [3.8, 4) is 0 Å². The number of aldehydes is 1. The van der Waals surface area contributed by atoms with Crippen molar-refractivity contribution in [3.63, 3.8) is 0 Å². The summed E-state index contributed by atoms with van der Waals surface area (Å²) >= 11 is 0. The first-order chi connectivity index (χ1) is 7.40. The van der Waals surface area contributed by atoms with E-state index >= 15 is 0 Å². The molecular formula is C13H17NO. The monoisotopic (exact) mass is 203 g/mol. The van der Waals surface area contributed by atoms with Gasteiger partial charge in [-0.05, 0) is 24.9 Å². The van der Waals surface area contributed by atoms with Crippen molar-refractivity contribution < 1.29 is 4.79 Å². The van der Waals surface area contributed by atoms with E-state index in [4.69, 9.17) is 0 Å². The van der Waals surface area contributed by atoms with Crippen LogP contribution in [0, 0.1) is 0 Å². The number of benzene rings is 1. The highest BCUT2D eigenvalue weighted by Gasteiger charge is 2.21. The fraction of sp³-hybridized carbons (Fsp3) is 0.462. The summed E-state index contributed by atoms with van der Waals surface area (Å²) in [6.07, 6.45) is 4.53. The van der Waals surface area contributed by atoms with Crippen LogP contribution in [0.25, 0.3) is 0 Å². The predicted molar refractivity (Wildman–Crippen MR) is 60.6 cm³/mol. The van der Waals surface area contributed by atoms with E-state index in [0.717, 1.165) is 25.8 Å². The van der Waals surface area contributed by atoms with Crippen molar-refractivity contribution >= 4 is 6.29 Å². The van der Waals surface area contributed by atoms with Crippen LogP contribution < -0.4 is 0 Å². The van der Waals surface area contributed by atoms with E-state index in [1.54, 1.807) is 0 Å². The molecule has 2 nitrogen and oxygen atoms in total. The zero-order chi connectivity index (χ0) is 10.5. The van der Waals surface area contributed by atoms with Gasteiger partial charge in [-0.2, -0.15) is 0 Å². The van der Waals surface area contributed by atoms with Gasteiger partial charge in [0.05, 0.1) is 6.04 Å². The van der Waals surface area contributed by atoms with Gasteiger partial charge in [0.2, 0.25) is 0 Å². The third kappa shape index (κ3) is 2.66. The Labute approximate surface area is 90.9 Å². The highest BCUT2D eigenvalue weighted by molar-refractivity contribution is 5.57. The van der Waals surface area contributed by atoms with Gasteiger partial charge in [0, 0.05) is 6.54 Å². The van der Waals surface area contributed by atoms with Gasteiger partial charge >= 0.3 is 0 Å². The average molecular weight is 203 g/mol. The van der Waals surface area contributed by atoms with Crippen molar-refractivity contribution in [2.45, 2.75) is 31.8 Å². The highest BCUT2D eigenvalue weighted by Crippen LogP contribution is 2.17. The number of nitrogens with zero attached hydrogens (tertiary/aromatic N) is 1. The summed E-state index contributed by atoms with van der Waals surface area (Å²) in [4.78, 5) is 13.2. The third-order valence-electron chi connectivity index (χ3n) is 3.05. The second kappa shape index (κ2) is 5.08. The van der Waals surface area contributed by atoms with Crippen molar-refractivity contribution in [3.05, 3.63) is 35.9 Å². The van der Waals surface area contributed by atoms with E-state index in [-0.39, 0.29) is 6.04 Å². The van der Waals surface area contributed by atoms with Crippen LogP contribution in [-0.4, -0.2) is 23.8 Å². The highest BCUT2D eigenvalue weighted by atomic mass is 16.1. The topological polar surface area (TPSA) is 20.3 Å². The van der Waals surface area contributed by atoms with E-state index < -0.39 is 0 Å². The summed E-state index contributed by atoms with van der Waals surface area (Å²) in [5.41, 5.74) is 1.30. The number of piperidine rings is 1. The molecule has 1 fully saturated rings. The van der Waals surface area contributed by atoms with E-state index in [1.807, 2.05) is 6.07 Å². The van der Waals surface area contributed by atoms with Gasteiger partial charge in [-0.15, -0.1) is 0 Å². The van der Waals surface area contributed by atoms with Gasteiger partial charge in [0.25, 0.3) is 0 Å². The first-order valence-corrected chi connectivity index (χ1v) is 5.63. The largest absolute Gasteiger partial charge is 0.302 e. The molecule has 1 aromatic carbocycles. The van der Waals surface area contributed by atoms with E-state index in [0.29, 0.717) is 0 Å². The number of rotatable bonds is 3. The molecule has 1 saturated heterocycles. The summed E-state index contributed by atoms with van der Waals surface area (Å²) in [5.74, 6) is 0. The van der Waals surface area contributed by atoms with Crippen molar-refractivity contribution in [1.29, 1.82) is 0 Å². The summed E-state index contributed by atoms with van der Waals surface area (Å²) in [5, 5.41) is 0. The predicted octanol–water partition coefficient (Wildman–Crippen LogP) is 2.24. The van der Waals surface area contributed by atoms with Crippen LogP contribution in [-0.2, 0) is 11.3 Å². The Morgan fingerprint density at radius 3 is 2.80 bits per heavy atom. The van der Waals surface area contributed by atoms with Crippen LogP contribution in [0.15, 0.2) is 30.3 Å². The minimum Gasteiger partial charge on any atom is -0.302 e. The molecular weight excluding hydrogens is 186 g/mol. The van der Waals surface area contributed by atoms with Crippen molar-refractivity contribution in [2.24, 2.45) is 0 Å². The Hall–Kier alpha value is -1.15. The van der Waals surface area contributed by atoms with Crippen LogP contribution in [0.5, 0.6) is 0 Å². The molecule has 0 bridgehead atoms. The van der Waals surface area contributed by atoms with E-state index in [1.165, 1.54) is 18.4 Å². The Kier molecular flexibility index (Phi) is 3.51. The molecule has 1 aliphatic rings. The number of carbonyl (C=O) groups is 1. The van der Waals surface area contributed by atoms with Gasteiger partial charge in [0.15, 0.2) is 0 Å². The molecule has 1 aromatic rings. The van der Waals surface area contributed by atoms with Crippen molar-refractivity contribution in [1.82, 2.24) is 4.90 Å². The molecule has 2 rings (SSSR count). The van der Waals surface area contributed by atoms with Crippen LogP contribution in [0.4, 0.5) is 0 Å². The summed E-state index contributed by atoms with van der Waals surface area (Å²) < 4.78 is 0. The zero-order valence-corrected chi connectivity index (χ0v) is 8.93. The molecule has 0 unspecified atom stereocenters. The maximum Gasteiger partial charge on any atom is 0.137 e. The molecule has 15 heavy (non-hydrogen) atoms. The number of hydrogen-bond donors (Lipinski definition) is 0. The van der Waals surface area contributed by atoms with Crippen LogP contribution in [0.1, 0.15) is 24.8 Å². The van der Waals surface area contributed by atoms with Crippen LogP contribution in [0.3, 0.4) is 0 Å². The summed E-state index contributed by atoms with van der Waals surface area (Å²) in [6.45, 7) is 1.96. The second-order valence-corrected chi connectivity index (χ2v) is 4.16. The minimum atomic E-state index is 0.138. The fourth-order valence-electron chi connectivity index (χ4n) is 2.19. The van der Waals surface area contributed by atoms with Gasteiger partial charge in [-0.1, -0.05) is 36.8 Å². The van der Waals surface area contributed by atoms with E-state index in [2.05, 4.69) is 29.2 Å².